The lowest BCUT2D eigenvalue weighted by atomic mass is 10.0. The van der Waals surface area contributed by atoms with Crippen LogP contribution in [0.3, 0.4) is 0 Å². The fourth-order valence-electron chi connectivity index (χ4n) is 6.47. The van der Waals surface area contributed by atoms with Crippen LogP contribution in [0.1, 0.15) is 19.5 Å². The van der Waals surface area contributed by atoms with E-state index in [-0.39, 0.29) is 0 Å². The highest BCUT2D eigenvalue weighted by Crippen LogP contribution is 2.46. The van der Waals surface area contributed by atoms with Crippen molar-refractivity contribution in [1.82, 2.24) is 0 Å². The number of hydrogen-bond acceptors (Lipinski definition) is 2. The molecule has 0 radical (unpaired) electrons. The van der Waals surface area contributed by atoms with E-state index in [2.05, 4.69) is 170 Å². The van der Waals surface area contributed by atoms with Crippen molar-refractivity contribution in [1.29, 1.82) is 0 Å². The molecule has 2 aliphatic rings. The number of thiophene rings is 2. The van der Waals surface area contributed by atoms with Gasteiger partial charge in [0.2, 0.25) is 42.2 Å². The zero-order valence-corrected chi connectivity index (χ0v) is 29.1. The lowest BCUT2D eigenvalue weighted by molar-refractivity contribution is 1.67. The molecule has 3 aromatic heterocycles. The van der Waals surface area contributed by atoms with Crippen LogP contribution in [0.2, 0.25) is 0 Å². The summed E-state index contributed by atoms with van der Waals surface area (Å²) in [5.41, 5.74) is 10.1. The molecule has 0 N–H and O–H groups in total. The summed E-state index contributed by atoms with van der Waals surface area (Å²) in [5, 5.41) is 0. The molecule has 8 bridgehead atoms. The zero-order valence-electron chi connectivity index (χ0n) is 25.8. The fraction of sp³-hybridized carbons (Fsp3) is 0. The van der Waals surface area contributed by atoms with Crippen LogP contribution in [0.15, 0.2) is 146 Å². The van der Waals surface area contributed by atoms with E-state index in [1.54, 1.807) is 0 Å². The molecule has 0 amide bonds. The summed E-state index contributed by atoms with van der Waals surface area (Å²) in [4.78, 5) is 5.10. The fourth-order valence-corrected chi connectivity index (χ4v) is 11.4. The second kappa shape index (κ2) is 12.6. The molecule has 0 fully saturated rings. The first-order chi connectivity index (χ1) is 23.8. The molecule has 0 unspecified atom stereocenters. The van der Waals surface area contributed by atoms with Crippen LogP contribution in [-0.4, -0.2) is 0 Å². The van der Waals surface area contributed by atoms with Crippen molar-refractivity contribution in [3.63, 3.8) is 0 Å². The van der Waals surface area contributed by atoms with Crippen molar-refractivity contribution in [2.24, 2.45) is 0 Å². The first kappa shape index (κ1) is 29.3. The van der Waals surface area contributed by atoms with Crippen molar-refractivity contribution in [3.05, 3.63) is 165 Å². The molecule has 0 nitrogen and oxygen atoms in total. The van der Waals surface area contributed by atoms with Gasteiger partial charge in [-0.3, -0.25) is 0 Å². The summed E-state index contributed by atoms with van der Waals surface area (Å²) in [6.07, 6.45) is 9.30. The summed E-state index contributed by atoms with van der Waals surface area (Å²) in [6.45, 7) is 0. The predicted octanol–water partition coefficient (Wildman–Crippen LogP) is 14.7. The first-order valence-corrected chi connectivity index (χ1v) is 19.2. The lowest BCUT2D eigenvalue weighted by Crippen LogP contribution is -1.81. The van der Waals surface area contributed by atoms with E-state index in [1.165, 1.54) is 82.8 Å². The molecule has 7 aromatic rings. The van der Waals surface area contributed by atoms with E-state index >= 15 is 0 Å². The number of hydrogen-bond donors (Lipinski definition) is 0. The maximum atomic E-state index is 2.33. The van der Waals surface area contributed by atoms with Crippen LogP contribution in [-0.2, 0) is 0 Å². The van der Waals surface area contributed by atoms with Crippen LogP contribution >= 0.6 is 45.3 Å². The highest BCUT2D eigenvalue weighted by Gasteiger charge is 2.30. The predicted molar refractivity (Wildman–Crippen MR) is 217 cm³/mol. The van der Waals surface area contributed by atoms with Gasteiger partial charge in [0.05, 0.1) is 11.1 Å². The maximum Gasteiger partial charge on any atom is 0.245 e. The summed E-state index contributed by atoms with van der Waals surface area (Å²) >= 11 is 7.55. The van der Waals surface area contributed by atoms with Gasteiger partial charge in [-0.25, -0.2) is 0 Å². The zero-order chi connectivity index (χ0) is 31.9. The number of fused-ring (bicyclic) bond motifs is 8. The molecular weight excluding hydrogens is 657 g/mol. The van der Waals surface area contributed by atoms with Gasteiger partial charge >= 0.3 is 0 Å². The molecular formula is C44H28S4+2. The normalized spacial score (nSPS) is 12.0. The van der Waals surface area contributed by atoms with Gasteiger partial charge in [0.25, 0.3) is 0 Å². The summed E-state index contributed by atoms with van der Waals surface area (Å²) < 4.78 is 5.10. The minimum atomic E-state index is 1.24. The SMILES string of the molecule is C1=Cc2[s+]c1c(-c1ccccc1)c1[s+]c(c(-c3ccccc3)c3ccc(s3)c(-c3ccccc3)c3ccc(s3)c2-c2ccccc2)C=C1. The van der Waals surface area contributed by atoms with Crippen molar-refractivity contribution in [2.45, 2.75) is 0 Å². The largest absolute Gasteiger partial charge is 0.245 e. The molecule has 2 aliphatic heterocycles. The van der Waals surface area contributed by atoms with Crippen molar-refractivity contribution in [2.75, 3.05) is 0 Å². The van der Waals surface area contributed by atoms with E-state index < -0.39 is 0 Å². The van der Waals surface area contributed by atoms with Crippen LogP contribution in [0, 0.1) is 0 Å². The van der Waals surface area contributed by atoms with Crippen LogP contribution in [0.4, 0.5) is 0 Å². The van der Waals surface area contributed by atoms with Gasteiger partial charge in [-0.15, -0.1) is 22.7 Å². The minimum absolute atomic E-state index is 1.24. The minimum Gasteiger partial charge on any atom is -0.135 e. The van der Waals surface area contributed by atoms with Crippen LogP contribution in [0.5, 0.6) is 0 Å². The van der Waals surface area contributed by atoms with Gasteiger partial charge in [-0.2, -0.15) is 0 Å². The molecule has 9 rings (SSSR count). The molecule has 0 saturated carbocycles. The summed E-state index contributed by atoms with van der Waals surface area (Å²) in [6, 6.07) is 52.8. The average Bonchev–Trinajstić information content (AvgIpc) is 3.98. The monoisotopic (exact) mass is 684 g/mol. The van der Waals surface area contributed by atoms with Gasteiger partial charge in [-0.05, 0) is 46.5 Å². The Labute approximate surface area is 296 Å². The highest BCUT2D eigenvalue weighted by atomic mass is 32.1. The van der Waals surface area contributed by atoms with E-state index in [0.717, 1.165) is 0 Å². The quantitative estimate of drug-likeness (QED) is 0.162. The van der Waals surface area contributed by atoms with Gasteiger partial charge in [0.15, 0.2) is 0 Å². The van der Waals surface area contributed by atoms with E-state index in [0.29, 0.717) is 0 Å². The Balaban J connectivity index is 1.49. The van der Waals surface area contributed by atoms with Gasteiger partial charge in [-0.1, -0.05) is 121 Å². The first-order valence-electron chi connectivity index (χ1n) is 15.9. The summed E-state index contributed by atoms with van der Waals surface area (Å²) in [7, 11) is 0. The van der Waals surface area contributed by atoms with Crippen LogP contribution in [0.25, 0.3) is 87.6 Å². The molecule has 48 heavy (non-hydrogen) atoms. The Morgan fingerprint density at radius 3 is 0.896 bits per heavy atom. The molecule has 0 aliphatic carbocycles. The second-order valence-electron chi connectivity index (χ2n) is 11.6. The third-order valence-corrected chi connectivity index (χ3v) is 13.1. The standard InChI is InChI=1S/C44H28S4/c1-5-13-29(14-6-1)41-33-21-23-35(45-33)42(30-15-7-2-8-16-30)37-25-27-39(47-37)44(32-19-11-4-12-20-32)40-28-26-38(48-40)43(31-17-9-3-10-18-31)36-24-22-34(41)46-36/h1-28H/q+2. The van der Waals surface area contributed by atoms with Gasteiger partial charge in [0, 0.05) is 48.7 Å². The Morgan fingerprint density at radius 2 is 0.542 bits per heavy atom. The Kier molecular flexibility index (Phi) is 7.72. The average molecular weight is 685 g/mol. The highest BCUT2D eigenvalue weighted by molar-refractivity contribution is 7.27. The molecule has 0 spiro atoms. The second-order valence-corrected chi connectivity index (χ2v) is 16.0. The summed E-state index contributed by atoms with van der Waals surface area (Å²) in [5.74, 6) is 0. The molecule has 4 heteroatoms. The molecule has 0 saturated heterocycles. The number of rotatable bonds is 4. The third-order valence-electron chi connectivity index (χ3n) is 8.65. The van der Waals surface area contributed by atoms with Crippen LogP contribution < -0.4 is 0 Å². The van der Waals surface area contributed by atoms with Crippen molar-refractivity contribution < 1.29 is 0 Å². The molecule has 0 atom stereocenters. The molecule has 226 valence electrons. The Morgan fingerprint density at radius 1 is 0.271 bits per heavy atom. The smallest absolute Gasteiger partial charge is 0.135 e. The van der Waals surface area contributed by atoms with Gasteiger partial charge in [0.1, 0.15) is 5.56 Å². The topological polar surface area (TPSA) is 0 Å². The maximum absolute atomic E-state index is 2.33. The Bertz CT molecular complexity index is 2380. The number of benzene rings is 4. The lowest BCUT2D eigenvalue weighted by Gasteiger charge is -2.02. The van der Waals surface area contributed by atoms with E-state index in [4.69, 9.17) is 0 Å². The molecule has 5 heterocycles. The molecule has 4 aromatic carbocycles. The third kappa shape index (κ3) is 5.37. The van der Waals surface area contributed by atoms with Gasteiger partial charge < -0.3 is 0 Å². The van der Waals surface area contributed by atoms with E-state index in [9.17, 15) is 0 Å². The Hall–Kier alpha value is -4.84. The van der Waals surface area contributed by atoms with Crippen molar-refractivity contribution in [3.8, 4) is 44.5 Å². The van der Waals surface area contributed by atoms with Crippen molar-refractivity contribution >= 4 is 88.5 Å². The van der Waals surface area contributed by atoms with E-state index in [1.807, 2.05) is 45.3 Å².